The number of anilines is 1. The minimum atomic E-state index is -0.125. The summed E-state index contributed by atoms with van der Waals surface area (Å²) < 4.78 is 12.1. The van der Waals surface area contributed by atoms with Crippen LogP contribution in [0, 0.1) is 3.57 Å². The van der Waals surface area contributed by atoms with Crippen molar-refractivity contribution in [3.63, 3.8) is 0 Å². The summed E-state index contributed by atoms with van der Waals surface area (Å²) in [5.74, 6) is 1.31. The molecule has 3 aromatic carbocycles. The molecule has 0 aliphatic carbocycles. The van der Waals surface area contributed by atoms with Crippen molar-refractivity contribution in [2.45, 2.75) is 6.92 Å². The number of halogens is 1. The Labute approximate surface area is 172 Å². The predicted octanol–water partition coefficient (Wildman–Crippen LogP) is 5.60. The third kappa shape index (κ3) is 4.24. The van der Waals surface area contributed by atoms with Gasteiger partial charge in [-0.15, -0.1) is 0 Å². The number of carbonyl (C=O) groups is 1. The van der Waals surface area contributed by atoms with Gasteiger partial charge in [-0.3, -0.25) is 4.79 Å². The summed E-state index contributed by atoms with van der Waals surface area (Å²) >= 11 is 2.33. The average molecular weight is 473 g/mol. The predicted molar refractivity (Wildman–Crippen MR) is 117 cm³/mol. The maximum atomic E-state index is 11.7. The number of amides is 1. The Morgan fingerprint density at radius 3 is 2.33 bits per heavy atom. The summed E-state index contributed by atoms with van der Waals surface area (Å²) in [6, 6.07) is 19.8. The van der Waals surface area contributed by atoms with Crippen molar-refractivity contribution in [1.29, 1.82) is 0 Å². The van der Waals surface area contributed by atoms with Crippen molar-refractivity contribution in [2.24, 2.45) is 0 Å². The summed E-state index contributed by atoms with van der Waals surface area (Å²) in [4.78, 5) is 11.7. The first kappa shape index (κ1) is 19.2. The zero-order chi connectivity index (χ0) is 19.4. The smallest absolute Gasteiger partial charge is 0.221 e. The lowest BCUT2D eigenvalue weighted by atomic mass is 9.96. The fourth-order valence-electron chi connectivity index (χ4n) is 2.95. The summed E-state index contributed by atoms with van der Waals surface area (Å²) in [6.07, 6.45) is 0. The van der Waals surface area contributed by atoms with E-state index in [1.165, 1.54) is 6.92 Å². The van der Waals surface area contributed by atoms with E-state index in [9.17, 15) is 4.79 Å². The number of carbonyl (C=O) groups excluding carboxylic acids is 1. The Balaban J connectivity index is 2.24. The molecule has 0 aromatic heterocycles. The van der Waals surface area contributed by atoms with Gasteiger partial charge in [0.2, 0.25) is 5.91 Å². The molecule has 138 valence electrons. The molecule has 0 fully saturated rings. The van der Waals surface area contributed by atoms with Crippen LogP contribution in [-0.2, 0) is 4.79 Å². The second-order valence-corrected chi connectivity index (χ2v) is 7.15. The molecule has 0 spiro atoms. The zero-order valence-corrected chi connectivity index (χ0v) is 17.5. The van der Waals surface area contributed by atoms with Crippen LogP contribution in [0.3, 0.4) is 0 Å². The Bertz CT molecular complexity index is 985. The number of methoxy groups -OCH3 is 2. The topological polar surface area (TPSA) is 47.6 Å². The van der Waals surface area contributed by atoms with Crippen LogP contribution < -0.4 is 14.8 Å². The highest BCUT2D eigenvalue weighted by Gasteiger charge is 2.15. The number of hydrogen-bond acceptors (Lipinski definition) is 3. The van der Waals surface area contributed by atoms with Crippen molar-refractivity contribution in [1.82, 2.24) is 0 Å². The van der Waals surface area contributed by atoms with Crippen molar-refractivity contribution >= 4 is 34.2 Å². The number of ether oxygens (including phenoxy) is 2. The minimum Gasteiger partial charge on any atom is -0.497 e. The number of hydrogen-bond donors (Lipinski definition) is 1. The highest BCUT2D eigenvalue weighted by molar-refractivity contribution is 14.1. The van der Waals surface area contributed by atoms with E-state index >= 15 is 0 Å². The van der Waals surface area contributed by atoms with Crippen LogP contribution in [-0.4, -0.2) is 20.1 Å². The average Bonchev–Trinajstić information content (AvgIpc) is 2.68. The SMILES string of the molecule is COc1ccc(OC)c(-c2cc(-c3ccccc3I)ccc2NC(C)=O)c1. The molecule has 1 amide bonds. The molecule has 0 saturated carbocycles. The molecule has 27 heavy (non-hydrogen) atoms. The van der Waals surface area contributed by atoms with Crippen LogP contribution >= 0.6 is 22.6 Å². The van der Waals surface area contributed by atoms with Crippen LogP contribution in [0.2, 0.25) is 0 Å². The number of benzene rings is 3. The molecule has 3 rings (SSSR count). The zero-order valence-electron chi connectivity index (χ0n) is 15.4. The molecular weight excluding hydrogens is 453 g/mol. The maximum absolute atomic E-state index is 11.7. The van der Waals surface area contributed by atoms with E-state index in [4.69, 9.17) is 9.47 Å². The monoisotopic (exact) mass is 473 g/mol. The molecular formula is C22H20INO3. The quantitative estimate of drug-likeness (QED) is 0.491. The molecule has 0 unspecified atom stereocenters. The molecule has 0 aliphatic heterocycles. The molecule has 4 nitrogen and oxygen atoms in total. The molecule has 0 saturated heterocycles. The van der Waals surface area contributed by atoms with Gasteiger partial charge in [-0.2, -0.15) is 0 Å². The van der Waals surface area contributed by atoms with Crippen molar-refractivity contribution in [3.05, 3.63) is 64.2 Å². The van der Waals surface area contributed by atoms with E-state index in [1.54, 1.807) is 14.2 Å². The highest BCUT2D eigenvalue weighted by atomic mass is 127. The molecule has 0 bridgehead atoms. The lowest BCUT2D eigenvalue weighted by Gasteiger charge is -2.16. The van der Waals surface area contributed by atoms with E-state index in [1.807, 2.05) is 42.5 Å². The van der Waals surface area contributed by atoms with E-state index < -0.39 is 0 Å². The molecule has 0 heterocycles. The lowest BCUT2D eigenvalue weighted by Crippen LogP contribution is -2.07. The Morgan fingerprint density at radius 1 is 0.889 bits per heavy atom. The third-order valence-electron chi connectivity index (χ3n) is 4.21. The van der Waals surface area contributed by atoms with Gasteiger partial charge in [-0.05, 0) is 70.1 Å². The largest absolute Gasteiger partial charge is 0.497 e. The number of rotatable bonds is 5. The lowest BCUT2D eigenvalue weighted by molar-refractivity contribution is -0.114. The van der Waals surface area contributed by atoms with Crippen LogP contribution in [0.15, 0.2) is 60.7 Å². The van der Waals surface area contributed by atoms with E-state index in [-0.39, 0.29) is 5.91 Å². The van der Waals surface area contributed by atoms with Crippen molar-refractivity contribution < 1.29 is 14.3 Å². The van der Waals surface area contributed by atoms with Crippen LogP contribution in [0.25, 0.3) is 22.3 Å². The van der Waals surface area contributed by atoms with Crippen LogP contribution in [0.5, 0.6) is 11.5 Å². The third-order valence-corrected chi connectivity index (χ3v) is 5.15. The van der Waals surface area contributed by atoms with Crippen LogP contribution in [0.1, 0.15) is 6.92 Å². The summed E-state index contributed by atoms with van der Waals surface area (Å²) in [5, 5.41) is 2.92. The van der Waals surface area contributed by atoms with Gasteiger partial charge in [0.25, 0.3) is 0 Å². The molecule has 5 heteroatoms. The fraction of sp³-hybridized carbons (Fsp3) is 0.136. The maximum Gasteiger partial charge on any atom is 0.221 e. The van der Waals surface area contributed by atoms with Crippen molar-refractivity contribution in [2.75, 3.05) is 19.5 Å². The molecule has 3 aromatic rings. The number of nitrogens with one attached hydrogen (secondary N) is 1. The molecule has 0 aliphatic rings. The van der Waals surface area contributed by atoms with Crippen LogP contribution in [0.4, 0.5) is 5.69 Å². The van der Waals surface area contributed by atoms with Gasteiger partial charge in [0.15, 0.2) is 0 Å². The first-order valence-electron chi connectivity index (χ1n) is 8.42. The van der Waals surface area contributed by atoms with Gasteiger partial charge in [0, 0.05) is 27.3 Å². The minimum absolute atomic E-state index is 0.125. The molecule has 0 atom stereocenters. The first-order chi connectivity index (χ1) is 13.0. The normalized spacial score (nSPS) is 10.4. The van der Waals surface area contributed by atoms with E-state index in [0.29, 0.717) is 5.75 Å². The van der Waals surface area contributed by atoms with Gasteiger partial charge in [0.05, 0.1) is 14.2 Å². The van der Waals surface area contributed by atoms with E-state index in [2.05, 4.69) is 46.1 Å². The van der Waals surface area contributed by atoms with Gasteiger partial charge in [0.1, 0.15) is 11.5 Å². The second kappa shape index (κ2) is 8.43. The Morgan fingerprint density at radius 2 is 1.67 bits per heavy atom. The fourth-order valence-corrected chi connectivity index (χ4v) is 3.65. The second-order valence-electron chi connectivity index (χ2n) is 5.99. The first-order valence-corrected chi connectivity index (χ1v) is 9.50. The van der Waals surface area contributed by atoms with Gasteiger partial charge in [-0.1, -0.05) is 24.3 Å². The van der Waals surface area contributed by atoms with Gasteiger partial charge in [-0.25, -0.2) is 0 Å². The summed E-state index contributed by atoms with van der Waals surface area (Å²) in [7, 11) is 3.26. The van der Waals surface area contributed by atoms with Gasteiger partial charge >= 0.3 is 0 Å². The Hall–Kier alpha value is -2.54. The standard InChI is InChI=1S/C22H20INO3/c1-14(25)24-21-10-8-15(17-6-4-5-7-20(17)23)12-18(21)19-13-16(26-2)9-11-22(19)27-3/h4-13H,1-3H3,(H,24,25). The molecule has 1 N–H and O–H groups in total. The van der Waals surface area contributed by atoms with Gasteiger partial charge < -0.3 is 14.8 Å². The highest BCUT2D eigenvalue weighted by Crippen LogP contribution is 2.40. The van der Waals surface area contributed by atoms with E-state index in [0.717, 1.165) is 37.3 Å². The summed E-state index contributed by atoms with van der Waals surface area (Å²) in [5.41, 5.74) is 4.65. The Kier molecular flexibility index (Phi) is 6.01. The molecule has 0 radical (unpaired) electrons. The van der Waals surface area contributed by atoms with Crippen molar-refractivity contribution in [3.8, 4) is 33.8 Å². The summed E-state index contributed by atoms with van der Waals surface area (Å²) in [6.45, 7) is 1.50.